The van der Waals surface area contributed by atoms with Gasteiger partial charge in [-0.1, -0.05) is 20.3 Å². The Balaban J connectivity index is 2.14. The van der Waals surface area contributed by atoms with E-state index in [-0.39, 0.29) is 5.60 Å². The Kier molecular flexibility index (Phi) is 4.88. The number of hydrogen-bond acceptors (Lipinski definition) is 4. The van der Waals surface area contributed by atoms with Crippen molar-refractivity contribution in [1.82, 2.24) is 15.3 Å². The van der Waals surface area contributed by atoms with E-state index in [0.717, 1.165) is 37.3 Å². The van der Waals surface area contributed by atoms with Gasteiger partial charge in [0.25, 0.3) is 0 Å². The minimum absolute atomic E-state index is 0.269. The van der Waals surface area contributed by atoms with Crippen molar-refractivity contribution in [2.24, 2.45) is 5.92 Å². The van der Waals surface area contributed by atoms with Gasteiger partial charge in [0.05, 0.1) is 0 Å². The van der Waals surface area contributed by atoms with Crippen LogP contribution in [-0.2, 0) is 16.9 Å². The molecule has 0 saturated heterocycles. The Labute approximate surface area is 116 Å². The van der Waals surface area contributed by atoms with E-state index in [0.29, 0.717) is 5.92 Å². The van der Waals surface area contributed by atoms with Crippen molar-refractivity contribution in [2.45, 2.75) is 51.7 Å². The molecule has 1 saturated carbocycles. The molecule has 0 aliphatic heterocycles. The number of nitrogens with zero attached hydrogens (tertiary/aromatic N) is 2. The summed E-state index contributed by atoms with van der Waals surface area (Å²) in [5.41, 5.74) is 0.856. The van der Waals surface area contributed by atoms with Crippen LogP contribution in [0.15, 0.2) is 12.4 Å². The van der Waals surface area contributed by atoms with Gasteiger partial charge in [-0.2, -0.15) is 0 Å². The molecule has 1 fully saturated rings. The standard InChI is InChI=1S/C15H25N3O/c1-4-16-9-13-10-17-14(18-11-13)15(19-3)7-5-6-12(2)8-15/h10-12,16H,4-9H2,1-3H3. The Morgan fingerprint density at radius 1 is 1.42 bits per heavy atom. The monoisotopic (exact) mass is 263 g/mol. The average Bonchev–Trinajstić information content (AvgIpc) is 2.45. The summed E-state index contributed by atoms with van der Waals surface area (Å²) in [6, 6.07) is 0. The van der Waals surface area contributed by atoms with E-state index < -0.39 is 0 Å². The molecule has 2 rings (SSSR count). The van der Waals surface area contributed by atoms with Crippen LogP contribution in [-0.4, -0.2) is 23.6 Å². The first kappa shape index (κ1) is 14.4. The van der Waals surface area contributed by atoms with E-state index in [1.54, 1.807) is 7.11 Å². The molecule has 106 valence electrons. The van der Waals surface area contributed by atoms with Crippen LogP contribution in [0.3, 0.4) is 0 Å². The van der Waals surface area contributed by atoms with Gasteiger partial charge in [-0.3, -0.25) is 0 Å². The van der Waals surface area contributed by atoms with Gasteiger partial charge >= 0.3 is 0 Å². The SMILES string of the molecule is CCNCc1cnc(C2(OC)CCCC(C)C2)nc1. The molecule has 0 aromatic carbocycles. The second-order valence-electron chi connectivity index (χ2n) is 5.60. The molecular formula is C15H25N3O. The average molecular weight is 263 g/mol. The first-order valence-electron chi connectivity index (χ1n) is 7.27. The molecule has 1 aliphatic carbocycles. The molecule has 0 bridgehead atoms. The molecule has 4 heteroatoms. The van der Waals surface area contributed by atoms with Gasteiger partial charge in [0, 0.05) is 31.6 Å². The van der Waals surface area contributed by atoms with Crippen molar-refractivity contribution in [3.05, 3.63) is 23.8 Å². The maximum Gasteiger partial charge on any atom is 0.160 e. The van der Waals surface area contributed by atoms with Crippen molar-refractivity contribution in [2.75, 3.05) is 13.7 Å². The number of rotatable bonds is 5. The summed E-state index contributed by atoms with van der Waals surface area (Å²) in [6.45, 7) is 6.17. The number of methoxy groups -OCH3 is 1. The molecule has 2 atom stereocenters. The van der Waals surface area contributed by atoms with Crippen molar-refractivity contribution >= 4 is 0 Å². The molecule has 0 amide bonds. The van der Waals surface area contributed by atoms with Crippen molar-refractivity contribution < 1.29 is 4.74 Å². The molecule has 0 radical (unpaired) electrons. The van der Waals surface area contributed by atoms with Gasteiger partial charge < -0.3 is 10.1 Å². The van der Waals surface area contributed by atoms with Crippen LogP contribution in [0.5, 0.6) is 0 Å². The van der Waals surface area contributed by atoms with Crippen molar-refractivity contribution in [1.29, 1.82) is 0 Å². The minimum Gasteiger partial charge on any atom is -0.370 e. The zero-order valence-electron chi connectivity index (χ0n) is 12.3. The fourth-order valence-electron chi connectivity index (χ4n) is 2.93. The fraction of sp³-hybridized carbons (Fsp3) is 0.733. The number of ether oxygens (including phenoxy) is 1. The minimum atomic E-state index is -0.269. The van der Waals surface area contributed by atoms with Crippen LogP contribution >= 0.6 is 0 Å². The lowest BCUT2D eigenvalue weighted by Crippen LogP contribution is -2.36. The Hall–Kier alpha value is -1.00. The van der Waals surface area contributed by atoms with Crippen LogP contribution in [0.25, 0.3) is 0 Å². The molecule has 0 spiro atoms. The molecule has 1 N–H and O–H groups in total. The van der Waals surface area contributed by atoms with Gasteiger partial charge in [-0.05, 0) is 31.7 Å². The predicted octanol–water partition coefficient (Wildman–Crippen LogP) is 2.64. The summed E-state index contributed by atoms with van der Waals surface area (Å²) in [7, 11) is 1.79. The van der Waals surface area contributed by atoms with E-state index in [4.69, 9.17) is 4.74 Å². The van der Waals surface area contributed by atoms with E-state index in [2.05, 4.69) is 29.1 Å². The third kappa shape index (κ3) is 3.31. The largest absolute Gasteiger partial charge is 0.370 e. The summed E-state index contributed by atoms with van der Waals surface area (Å²) < 4.78 is 5.82. The first-order chi connectivity index (χ1) is 9.20. The van der Waals surface area contributed by atoms with Gasteiger partial charge in [0.2, 0.25) is 0 Å². The fourth-order valence-corrected chi connectivity index (χ4v) is 2.93. The molecule has 19 heavy (non-hydrogen) atoms. The molecule has 1 aromatic heterocycles. The molecule has 1 heterocycles. The lowest BCUT2D eigenvalue weighted by molar-refractivity contribution is -0.0646. The third-order valence-corrected chi connectivity index (χ3v) is 4.04. The van der Waals surface area contributed by atoms with E-state index in [1.807, 2.05) is 12.4 Å². The smallest absolute Gasteiger partial charge is 0.160 e. The number of aromatic nitrogens is 2. The Bertz CT molecular complexity index is 393. The summed E-state index contributed by atoms with van der Waals surface area (Å²) in [6.07, 6.45) is 8.37. The van der Waals surface area contributed by atoms with Gasteiger partial charge in [-0.25, -0.2) is 9.97 Å². The maximum atomic E-state index is 5.82. The van der Waals surface area contributed by atoms with E-state index in [1.165, 1.54) is 12.8 Å². The highest BCUT2D eigenvalue weighted by molar-refractivity contribution is 5.11. The van der Waals surface area contributed by atoms with Gasteiger partial charge in [-0.15, -0.1) is 0 Å². The second kappa shape index (κ2) is 6.44. The van der Waals surface area contributed by atoms with Crippen LogP contribution in [0, 0.1) is 5.92 Å². The molecule has 4 nitrogen and oxygen atoms in total. The maximum absolute atomic E-state index is 5.82. The summed E-state index contributed by atoms with van der Waals surface area (Å²) >= 11 is 0. The summed E-state index contributed by atoms with van der Waals surface area (Å²) in [4.78, 5) is 9.11. The lowest BCUT2D eigenvalue weighted by Gasteiger charge is -2.37. The zero-order chi connectivity index (χ0) is 13.7. The topological polar surface area (TPSA) is 47.0 Å². The Morgan fingerprint density at radius 3 is 2.74 bits per heavy atom. The normalized spacial score (nSPS) is 27.4. The van der Waals surface area contributed by atoms with Gasteiger partial charge in [0.1, 0.15) is 5.60 Å². The first-order valence-corrected chi connectivity index (χ1v) is 7.27. The second-order valence-corrected chi connectivity index (χ2v) is 5.60. The third-order valence-electron chi connectivity index (χ3n) is 4.04. The van der Waals surface area contributed by atoms with Crippen LogP contribution in [0.1, 0.15) is 50.9 Å². The van der Waals surface area contributed by atoms with E-state index in [9.17, 15) is 0 Å². The lowest BCUT2D eigenvalue weighted by atomic mass is 9.78. The summed E-state index contributed by atoms with van der Waals surface area (Å²) in [5.74, 6) is 1.53. The zero-order valence-corrected chi connectivity index (χ0v) is 12.3. The summed E-state index contributed by atoms with van der Waals surface area (Å²) in [5, 5.41) is 3.28. The van der Waals surface area contributed by atoms with Crippen LogP contribution in [0.2, 0.25) is 0 Å². The highest BCUT2D eigenvalue weighted by atomic mass is 16.5. The highest BCUT2D eigenvalue weighted by Gasteiger charge is 2.39. The van der Waals surface area contributed by atoms with E-state index >= 15 is 0 Å². The predicted molar refractivity (Wildman–Crippen MR) is 75.7 cm³/mol. The molecular weight excluding hydrogens is 238 g/mol. The molecule has 2 unspecified atom stereocenters. The molecule has 1 aliphatic rings. The van der Waals surface area contributed by atoms with Crippen molar-refractivity contribution in [3.8, 4) is 0 Å². The van der Waals surface area contributed by atoms with Gasteiger partial charge in [0.15, 0.2) is 5.82 Å². The van der Waals surface area contributed by atoms with Crippen molar-refractivity contribution in [3.63, 3.8) is 0 Å². The number of nitrogens with one attached hydrogen (secondary N) is 1. The Morgan fingerprint density at radius 2 is 2.16 bits per heavy atom. The van der Waals surface area contributed by atoms with Crippen LogP contribution in [0.4, 0.5) is 0 Å². The quantitative estimate of drug-likeness (QED) is 0.887. The van der Waals surface area contributed by atoms with Crippen LogP contribution < -0.4 is 5.32 Å². The number of hydrogen-bond donors (Lipinski definition) is 1. The molecule has 1 aromatic rings. The highest BCUT2D eigenvalue weighted by Crippen LogP contribution is 2.40.